The number of hydrogen-bond acceptors (Lipinski definition) is 4. The second-order valence-corrected chi connectivity index (χ2v) is 14.7. The van der Waals surface area contributed by atoms with E-state index < -0.39 is 0 Å². The van der Waals surface area contributed by atoms with E-state index in [1.165, 1.54) is 53.6 Å². The van der Waals surface area contributed by atoms with Gasteiger partial charge in [0.15, 0.2) is 17.5 Å². The molecule has 3 nitrogen and oxygen atoms in total. The van der Waals surface area contributed by atoms with Gasteiger partial charge in [-0.25, -0.2) is 15.0 Å². The van der Waals surface area contributed by atoms with Crippen LogP contribution in [0.25, 0.3) is 98.8 Å². The van der Waals surface area contributed by atoms with Gasteiger partial charge in [0.25, 0.3) is 0 Å². The minimum absolute atomic E-state index is 0.646. The van der Waals surface area contributed by atoms with Crippen molar-refractivity contribution in [2.24, 2.45) is 0 Å². The summed E-state index contributed by atoms with van der Waals surface area (Å²) in [6.45, 7) is 0. The summed E-state index contributed by atoms with van der Waals surface area (Å²) in [7, 11) is 0. The Morgan fingerprint density at radius 2 is 0.655 bits per heavy atom. The Morgan fingerprint density at radius 1 is 0.273 bits per heavy atom. The summed E-state index contributed by atoms with van der Waals surface area (Å²) in [6, 6.07) is 70.5. The summed E-state index contributed by atoms with van der Waals surface area (Å²) in [5.74, 6) is 1.95. The van der Waals surface area contributed by atoms with Crippen LogP contribution >= 0.6 is 11.3 Å². The van der Waals surface area contributed by atoms with Crippen LogP contribution in [0.1, 0.15) is 0 Å². The molecule has 0 radical (unpaired) electrons. The molecular weight excluding hydrogens is 687 g/mol. The standard InChI is InChI=1S/C51H33N3S/c1-4-11-34(12-5-1)36-19-21-38(22-20-36)39-25-29-42(30-26-39)50-52-49(41-15-8-3-9-16-41)53-51(54-50)43-31-32-45-47(33-43)55-46-18-10-17-44(48(45)46)40-27-23-37(24-28-40)35-13-6-2-7-14-35/h1-33H. The van der Waals surface area contributed by atoms with Gasteiger partial charge in [-0.15, -0.1) is 11.3 Å². The first-order chi connectivity index (χ1) is 27.2. The van der Waals surface area contributed by atoms with Crippen molar-refractivity contribution < 1.29 is 0 Å². The quantitative estimate of drug-likeness (QED) is 0.165. The molecule has 0 amide bonds. The monoisotopic (exact) mass is 719 g/mol. The molecule has 0 bridgehead atoms. The minimum Gasteiger partial charge on any atom is -0.208 e. The van der Waals surface area contributed by atoms with Crippen LogP contribution in [0, 0.1) is 0 Å². The van der Waals surface area contributed by atoms with Crippen LogP contribution in [0.4, 0.5) is 0 Å². The molecule has 2 aromatic heterocycles. The van der Waals surface area contributed by atoms with E-state index in [1.807, 2.05) is 47.7 Å². The van der Waals surface area contributed by atoms with E-state index in [9.17, 15) is 0 Å². The maximum absolute atomic E-state index is 5.09. The summed E-state index contributed by atoms with van der Waals surface area (Å²) < 4.78 is 2.46. The molecule has 0 aliphatic carbocycles. The largest absolute Gasteiger partial charge is 0.208 e. The molecule has 0 aliphatic rings. The molecule has 0 aliphatic heterocycles. The molecule has 0 atom stereocenters. The molecule has 55 heavy (non-hydrogen) atoms. The Balaban J connectivity index is 1.01. The number of thiophene rings is 1. The van der Waals surface area contributed by atoms with E-state index in [0.717, 1.165) is 27.8 Å². The van der Waals surface area contributed by atoms with E-state index in [1.54, 1.807) is 0 Å². The highest BCUT2D eigenvalue weighted by Crippen LogP contribution is 2.42. The van der Waals surface area contributed by atoms with Gasteiger partial charge in [-0.1, -0.05) is 188 Å². The first-order valence-electron chi connectivity index (χ1n) is 18.4. The van der Waals surface area contributed by atoms with Crippen molar-refractivity contribution in [3.8, 4) is 78.7 Å². The average Bonchev–Trinajstić information content (AvgIpc) is 3.66. The van der Waals surface area contributed by atoms with Crippen LogP contribution in [-0.4, -0.2) is 15.0 Å². The number of benzene rings is 8. The third-order valence-corrected chi connectivity index (χ3v) is 11.3. The smallest absolute Gasteiger partial charge is 0.164 e. The van der Waals surface area contributed by atoms with E-state index in [4.69, 9.17) is 15.0 Å². The van der Waals surface area contributed by atoms with Crippen LogP contribution in [0.15, 0.2) is 200 Å². The summed E-state index contributed by atoms with van der Waals surface area (Å²) in [6.07, 6.45) is 0. The maximum Gasteiger partial charge on any atom is 0.164 e. The van der Waals surface area contributed by atoms with Crippen LogP contribution in [0.3, 0.4) is 0 Å². The molecule has 10 aromatic rings. The van der Waals surface area contributed by atoms with Gasteiger partial charge < -0.3 is 0 Å². The van der Waals surface area contributed by atoms with Gasteiger partial charge in [0, 0.05) is 36.9 Å². The number of hydrogen-bond donors (Lipinski definition) is 0. The lowest BCUT2D eigenvalue weighted by Gasteiger charge is -2.10. The summed E-state index contributed by atoms with van der Waals surface area (Å²) in [4.78, 5) is 15.1. The highest BCUT2D eigenvalue weighted by Gasteiger charge is 2.16. The van der Waals surface area contributed by atoms with Crippen molar-refractivity contribution in [3.05, 3.63) is 200 Å². The molecule has 258 valence electrons. The lowest BCUT2D eigenvalue weighted by atomic mass is 9.97. The molecule has 0 unspecified atom stereocenters. The van der Waals surface area contributed by atoms with Crippen molar-refractivity contribution in [2.75, 3.05) is 0 Å². The van der Waals surface area contributed by atoms with Crippen LogP contribution in [0.5, 0.6) is 0 Å². The van der Waals surface area contributed by atoms with Gasteiger partial charge in [0.2, 0.25) is 0 Å². The first kappa shape index (κ1) is 32.6. The predicted octanol–water partition coefficient (Wildman–Crippen LogP) is 13.9. The highest BCUT2D eigenvalue weighted by atomic mass is 32.1. The van der Waals surface area contributed by atoms with Crippen molar-refractivity contribution in [1.82, 2.24) is 15.0 Å². The molecule has 8 aromatic carbocycles. The molecule has 0 saturated heterocycles. The maximum atomic E-state index is 5.09. The zero-order chi connectivity index (χ0) is 36.6. The normalized spacial score (nSPS) is 11.3. The molecule has 0 N–H and O–H groups in total. The fraction of sp³-hybridized carbons (Fsp3) is 0. The summed E-state index contributed by atoms with van der Waals surface area (Å²) in [5.41, 5.74) is 12.5. The molecule has 0 spiro atoms. The number of aromatic nitrogens is 3. The SMILES string of the molecule is c1ccc(-c2ccc(-c3ccc(-c4nc(-c5ccccc5)nc(-c5ccc6c(c5)sc5cccc(-c7ccc(-c8ccccc8)cc7)c56)n4)cc3)cc2)cc1. The highest BCUT2D eigenvalue weighted by molar-refractivity contribution is 7.26. The van der Waals surface area contributed by atoms with E-state index in [0.29, 0.717) is 17.5 Å². The van der Waals surface area contributed by atoms with Gasteiger partial charge in [-0.05, 0) is 56.6 Å². The van der Waals surface area contributed by atoms with Crippen molar-refractivity contribution >= 4 is 31.5 Å². The molecule has 0 fully saturated rings. The lowest BCUT2D eigenvalue weighted by Crippen LogP contribution is -2.00. The lowest BCUT2D eigenvalue weighted by molar-refractivity contribution is 1.07. The second-order valence-electron chi connectivity index (χ2n) is 13.6. The van der Waals surface area contributed by atoms with Crippen molar-refractivity contribution in [2.45, 2.75) is 0 Å². The van der Waals surface area contributed by atoms with Crippen LogP contribution in [-0.2, 0) is 0 Å². The molecular formula is C51H33N3S. The van der Waals surface area contributed by atoms with Gasteiger partial charge in [0.05, 0.1) is 0 Å². The minimum atomic E-state index is 0.646. The summed E-state index contributed by atoms with van der Waals surface area (Å²) >= 11 is 1.81. The summed E-state index contributed by atoms with van der Waals surface area (Å²) in [5, 5.41) is 2.51. The topological polar surface area (TPSA) is 38.7 Å². The van der Waals surface area contributed by atoms with E-state index >= 15 is 0 Å². The fourth-order valence-corrected chi connectivity index (χ4v) is 8.50. The van der Waals surface area contributed by atoms with Crippen LogP contribution in [0.2, 0.25) is 0 Å². The zero-order valence-electron chi connectivity index (χ0n) is 29.8. The van der Waals surface area contributed by atoms with Crippen molar-refractivity contribution in [3.63, 3.8) is 0 Å². The molecule has 0 saturated carbocycles. The van der Waals surface area contributed by atoms with Crippen LogP contribution < -0.4 is 0 Å². The zero-order valence-corrected chi connectivity index (χ0v) is 30.6. The van der Waals surface area contributed by atoms with Gasteiger partial charge in [0.1, 0.15) is 0 Å². The fourth-order valence-electron chi connectivity index (χ4n) is 7.33. The molecule has 4 heteroatoms. The molecule has 10 rings (SSSR count). The van der Waals surface area contributed by atoms with Crippen molar-refractivity contribution in [1.29, 1.82) is 0 Å². The van der Waals surface area contributed by atoms with E-state index in [2.05, 4.69) is 164 Å². The Morgan fingerprint density at radius 3 is 1.16 bits per heavy atom. The Hall–Kier alpha value is -7.01. The number of fused-ring (bicyclic) bond motifs is 3. The Kier molecular flexibility index (Phi) is 8.36. The number of rotatable bonds is 7. The number of nitrogens with zero attached hydrogens (tertiary/aromatic N) is 3. The first-order valence-corrected chi connectivity index (χ1v) is 19.2. The molecule has 2 heterocycles. The predicted molar refractivity (Wildman–Crippen MR) is 231 cm³/mol. The third kappa shape index (κ3) is 6.39. The average molecular weight is 720 g/mol. The second kappa shape index (κ2) is 14.1. The van der Waals surface area contributed by atoms with Gasteiger partial charge >= 0.3 is 0 Å². The Labute approximate surface area is 323 Å². The van der Waals surface area contributed by atoms with E-state index in [-0.39, 0.29) is 0 Å². The third-order valence-electron chi connectivity index (χ3n) is 10.2. The Bertz CT molecular complexity index is 2920. The van der Waals surface area contributed by atoms with Gasteiger partial charge in [-0.2, -0.15) is 0 Å². The van der Waals surface area contributed by atoms with Gasteiger partial charge in [-0.3, -0.25) is 0 Å².